The van der Waals surface area contributed by atoms with Crippen molar-refractivity contribution in [2.75, 3.05) is 13.4 Å². The van der Waals surface area contributed by atoms with E-state index in [-0.39, 0.29) is 23.8 Å². The van der Waals surface area contributed by atoms with E-state index < -0.39 is 12.6 Å². The van der Waals surface area contributed by atoms with Crippen molar-refractivity contribution >= 4 is 22.5 Å². The Morgan fingerprint density at radius 1 is 1.06 bits per heavy atom. The molecule has 8 nitrogen and oxygen atoms in total. The van der Waals surface area contributed by atoms with Gasteiger partial charge in [0, 0.05) is 17.5 Å². The van der Waals surface area contributed by atoms with Crippen molar-refractivity contribution in [2.24, 2.45) is 0 Å². The molecular weight excluding hydrogens is 400 g/mol. The average molecular weight is 422 g/mol. The summed E-state index contributed by atoms with van der Waals surface area (Å²) < 4.78 is 17.1. The zero-order valence-electron chi connectivity index (χ0n) is 17.1. The zero-order chi connectivity index (χ0) is 21.8. The number of fused-ring (bicyclic) bond motifs is 2. The van der Waals surface area contributed by atoms with Gasteiger partial charge < -0.3 is 14.2 Å². The molecule has 0 spiro atoms. The highest BCUT2D eigenvalue weighted by Gasteiger charge is 2.21. The summed E-state index contributed by atoms with van der Waals surface area (Å²) in [4.78, 5) is 38.0. The first-order valence-electron chi connectivity index (χ1n) is 10.2. The minimum absolute atomic E-state index is 0.0187. The Hall–Kier alpha value is -3.68. The van der Waals surface area contributed by atoms with E-state index in [0.717, 1.165) is 19.3 Å². The van der Waals surface area contributed by atoms with Gasteiger partial charge in [0.05, 0.1) is 5.39 Å². The van der Waals surface area contributed by atoms with Crippen LogP contribution in [0.4, 0.5) is 0 Å². The van der Waals surface area contributed by atoms with Crippen LogP contribution in [0.2, 0.25) is 0 Å². The second-order valence-corrected chi connectivity index (χ2v) is 7.20. The number of hydrogen-bond acceptors (Lipinski definition) is 7. The molecule has 1 aliphatic heterocycles. The quantitative estimate of drug-likeness (QED) is 0.312. The lowest BCUT2D eigenvalue weighted by atomic mass is 10.1. The first-order chi connectivity index (χ1) is 15.1. The monoisotopic (exact) mass is 422 g/mol. The second-order valence-electron chi connectivity index (χ2n) is 7.20. The van der Waals surface area contributed by atoms with E-state index in [9.17, 15) is 14.4 Å². The molecule has 31 heavy (non-hydrogen) atoms. The molecule has 0 saturated carbocycles. The summed E-state index contributed by atoms with van der Waals surface area (Å²) in [5, 5.41) is 5.05. The highest BCUT2D eigenvalue weighted by molar-refractivity contribution is 6.04. The van der Waals surface area contributed by atoms with Gasteiger partial charge in [0.15, 0.2) is 29.6 Å². The number of benzene rings is 2. The maximum absolute atomic E-state index is 12.8. The molecule has 2 aromatic carbocycles. The van der Waals surface area contributed by atoms with Crippen LogP contribution in [0.3, 0.4) is 0 Å². The summed E-state index contributed by atoms with van der Waals surface area (Å²) in [7, 11) is 0. The van der Waals surface area contributed by atoms with Gasteiger partial charge in [-0.2, -0.15) is 5.10 Å². The average Bonchev–Trinajstić information content (AvgIpc) is 3.27. The molecular formula is C23H22N2O6. The van der Waals surface area contributed by atoms with Gasteiger partial charge in [-0.15, -0.1) is 0 Å². The molecule has 0 atom stereocenters. The van der Waals surface area contributed by atoms with E-state index in [1.54, 1.807) is 42.5 Å². The highest BCUT2D eigenvalue weighted by atomic mass is 16.7. The minimum Gasteiger partial charge on any atom is -0.454 e. The molecule has 0 fully saturated rings. The van der Waals surface area contributed by atoms with Gasteiger partial charge in [0.25, 0.3) is 5.56 Å². The van der Waals surface area contributed by atoms with Crippen LogP contribution in [-0.2, 0) is 11.3 Å². The minimum atomic E-state index is -0.755. The fourth-order valence-corrected chi connectivity index (χ4v) is 3.40. The number of carbonyl (C=O) groups is 2. The van der Waals surface area contributed by atoms with Gasteiger partial charge in [-0.25, -0.2) is 9.48 Å². The Morgan fingerprint density at radius 3 is 2.65 bits per heavy atom. The zero-order valence-corrected chi connectivity index (χ0v) is 17.1. The molecule has 0 unspecified atom stereocenters. The number of carbonyl (C=O) groups excluding carboxylic acids is 2. The first-order valence-corrected chi connectivity index (χ1v) is 10.2. The van der Waals surface area contributed by atoms with Crippen molar-refractivity contribution < 1.29 is 23.8 Å². The summed E-state index contributed by atoms with van der Waals surface area (Å²) >= 11 is 0. The number of ether oxygens (including phenoxy) is 3. The van der Waals surface area contributed by atoms with Crippen LogP contribution in [0.15, 0.2) is 47.3 Å². The molecule has 3 aromatic rings. The molecule has 0 bridgehead atoms. The summed E-state index contributed by atoms with van der Waals surface area (Å²) in [5.74, 6) is -0.0969. The van der Waals surface area contributed by atoms with Gasteiger partial charge in [0.2, 0.25) is 6.79 Å². The van der Waals surface area contributed by atoms with E-state index in [1.165, 1.54) is 4.68 Å². The lowest BCUT2D eigenvalue weighted by Crippen LogP contribution is -2.27. The van der Waals surface area contributed by atoms with E-state index >= 15 is 0 Å². The van der Waals surface area contributed by atoms with Gasteiger partial charge >= 0.3 is 5.97 Å². The molecule has 0 N–H and O–H groups in total. The van der Waals surface area contributed by atoms with Crippen LogP contribution >= 0.6 is 0 Å². The lowest BCUT2D eigenvalue weighted by Gasteiger charge is -2.11. The molecule has 160 valence electrons. The number of nitrogens with zero attached hydrogens (tertiary/aromatic N) is 2. The van der Waals surface area contributed by atoms with Crippen LogP contribution < -0.4 is 15.0 Å². The van der Waals surface area contributed by atoms with Crippen molar-refractivity contribution in [1.29, 1.82) is 0 Å². The van der Waals surface area contributed by atoms with Crippen LogP contribution in [0.1, 0.15) is 47.0 Å². The molecule has 0 amide bonds. The third-order valence-corrected chi connectivity index (χ3v) is 5.06. The first kappa shape index (κ1) is 20.6. The van der Waals surface area contributed by atoms with Crippen LogP contribution in [0, 0.1) is 0 Å². The predicted octanol–water partition coefficient (Wildman–Crippen LogP) is 3.36. The lowest BCUT2D eigenvalue weighted by molar-refractivity contribution is 0.0468. The Balaban J connectivity index is 1.54. The number of aryl methyl sites for hydroxylation is 1. The fraction of sp³-hybridized carbons (Fsp3) is 0.304. The third kappa shape index (κ3) is 4.28. The number of ketones is 1. The van der Waals surface area contributed by atoms with E-state index in [0.29, 0.717) is 34.4 Å². The van der Waals surface area contributed by atoms with Crippen LogP contribution in [0.5, 0.6) is 11.5 Å². The van der Waals surface area contributed by atoms with Crippen molar-refractivity contribution in [3.63, 3.8) is 0 Å². The van der Waals surface area contributed by atoms with Crippen molar-refractivity contribution in [1.82, 2.24) is 9.78 Å². The highest BCUT2D eigenvalue weighted by Crippen LogP contribution is 2.32. The smallest absolute Gasteiger partial charge is 0.359 e. The fourth-order valence-electron chi connectivity index (χ4n) is 3.40. The Bertz CT molecular complexity index is 1200. The number of unbranched alkanes of at least 4 members (excludes halogenated alkanes) is 2. The van der Waals surface area contributed by atoms with E-state index in [4.69, 9.17) is 14.2 Å². The number of hydrogen-bond donors (Lipinski definition) is 0. The third-order valence-electron chi connectivity index (χ3n) is 5.06. The summed E-state index contributed by atoms with van der Waals surface area (Å²) in [6, 6.07) is 11.5. The summed E-state index contributed by atoms with van der Waals surface area (Å²) in [6.45, 7) is 2.13. The standard InChI is InChI=1S/C23H22N2O6/c1-2-3-6-11-25-22(27)17-8-5-4-7-16(17)21(24-25)23(28)29-13-18(26)15-9-10-19-20(12-15)31-14-30-19/h4-5,7-10,12H,2-3,6,11,13-14H2,1H3. The molecule has 4 rings (SSSR count). The van der Waals surface area contributed by atoms with Gasteiger partial charge in [-0.1, -0.05) is 38.0 Å². The summed E-state index contributed by atoms with van der Waals surface area (Å²) in [6.07, 6.45) is 2.72. The maximum Gasteiger partial charge on any atom is 0.359 e. The SMILES string of the molecule is CCCCCn1nc(C(=O)OCC(=O)c2ccc3c(c2)OCO3)c2ccccc2c1=O. The van der Waals surface area contributed by atoms with Gasteiger partial charge in [0.1, 0.15) is 0 Å². The maximum atomic E-state index is 12.8. The number of esters is 1. The summed E-state index contributed by atoms with van der Waals surface area (Å²) in [5.41, 5.74) is 0.115. The van der Waals surface area contributed by atoms with Gasteiger partial charge in [-0.3, -0.25) is 9.59 Å². The largest absolute Gasteiger partial charge is 0.454 e. The number of aromatic nitrogens is 2. The Kier molecular flexibility index (Phi) is 5.97. The molecule has 0 aliphatic carbocycles. The Morgan fingerprint density at radius 2 is 1.84 bits per heavy atom. The van der Waals surface area contributed by atoms with E-state index in [1.807, 2.05) is 0 Å². The van der Waals surface area contributed by atoms with Crippen molar-refractivity contribution in [2.45, 2.75) is 32.7 Å². The van der Waals surface area contributed by atoms with E-state index in [2.05, 4.69) is 12.0 Å². The molecule has 0 radical (unpaired) electrons. The van der Waals surface area contributed by atoms with Crippen LogP contribution in [0.25, 0.3) is 10.8 Å². The van der Waals surface area contributed by atoms with Gasteiger partial charge in [-0.05, 0) is 30.7 Å². The number of Topliss-reactive ketones (excluding diaryl/α,β-unsaturated/α-hetero) is 1. The normalized spacial score (nSPS) is 12.2. The van der Waals surface area contributed by atoms with Crippen LogP contribution in [-0.4, -0.2) is 34.9 Å². The van der Waals surface area contributed by atoms with Crippen molar-refractivity contribution in [3.8, 4) is 11.5 Å². The molecule has 0 saturated heterocycles. The Labute approximate surface area is 178 Å². The molecule has 1 aromatic heterocycles. The topological polar surface area (TPSA) is 96.7 Å². The molecule has 8 heteroatoms. The molecule has 1 aliphatic rings. The predicted molar refractivity (Wildman–Crippen MR) is 113 cm³/mol. The number of rotatable bonds is 8. The van der Waals surface area contributed by atoms with Crippen molar-refractivity contribution in [3.05, 3.63) is 64.1 Å². The molecule has 2 heterocycles. The second kappa shape index (κ2) is 8.99.